The van der Waals surface area contributed by atoms with Crippen molar-refractivity contribution < 1.29 is 0 Å². The van der Waals surface area contributed by atoms with Crippen LogP contribution in [-0.4, -0.2) is 18.9 Å². The zero-order valence-corrected chi connectivity index (χ0v) is 20.4. The molecule has 170 valence electrons. The molecular weight excluding hydrogens is 468 g/mol. The smallest absolute Gasteiger partial charge is 0.266 e. The van der Waals surface area contributed by atoms with Crippen molar-refractivity contribution in [3.05, 3.63) is 109 Å². The Morgan fingerprint density at radius 2 is 1.74 bits per heavy atom. The summed E-state index contributed by atoms with van der Waals surface area (Å²) in [5.74, 6) is 0.378. The maximum absolute atomic E-state index is 13.6. The summed E-state index contributed by atoms with van der Waals surface area (Å²) in [7, 11) is 0. The first-order valence-corrected chi connectivity index (χ1v) is 12.1. The quantitative estimate of drug-likeness (QED) is 0.255. The number of nitrogens with zero attached hydrogens (tertiary/aromatic N) is 4. The molecule has 0 bridgehead atoms. The Kier molecular flexibility index (Phi) is 5.75. The summed E-state index contributed by atoms with van der Waals surface area (Å²) in [5.41, 5.74) is 5.12. The molecule has 0 saturated heterocycles. The molecule has 34 heavy (non-hydrogen) atoms. The van der Waals surface area contributed by atoms with Gasteiger partial charge in [-0.05, 0) is 68.3 Å². The summed E-state index contributed by atoms with van der Waals surface area (Å²) >= 11 is 7.55. The van der Waals surface area contributed by atoms with E-state index in [0.29, 0.717) is 38.2 Å². The van der Waals surface area contributed by atoms with E-state index in [4.69, 9.17) is 16.6 Å². The normalized spacial score (nSPS) is 11.4. The fourth-order valence-electron chi connectivity index (χ4n) is 4.00. The van der Waals surface area contributed by atoms with E-state index in [1.165, 1.54) is 17.8 Å². The Bertz CT molecular complexity index is 1710. The lowest BCUT2D eigenvalue weighted by atomic mass is 10.1. The third kappa shape index (κ3) is 3.91. The average Bonchev–Trinajstić information content (AvgIpc) is 2.80. The van der Waals surface area contributed by atoms with Crippen molar-refractivity contribution in [3.63, 3.8) is 0 Å². The van der Waals surface area contributed by atoms with Gasteiger partial charge in [0.15, 0.2) is 5.16 Å². The summed E-state index contributed by atoms with van der Waals surface area (Å²) in [6.45, 7) is 5.88. The van der Waals surface area contributed by atoms with Crippen molar-refractivity contribution in [2.75, 3.05) is 0 Å². The highest BCUT2D eigenvalue weighted by Crippen LogP contribution is 2.27. The van der Waals surface area contributed by atoms with E-state index in [0.717, 1.165) is 22.5 Å². The Morgan fingerprint density at radius 1 is 0.941 bits per heavy atom. The van der Waals surface area contributed by atoms with Crippen molar-refractivity contribution in [1.29, 1.82) is 0 Å². The molecule has 3 aromatic heterocycles. The Balaban J connectivity index is 1.65. The minimum atomic E-state index is -0.167. The van der Waals surface area contributed by atoms with Crippen molar-refractivity contribution in [1.82, 2.24) is 18.9 Å². The number of fused-ring (bicyclic) bond motifs is 2. The van der Waals surface area contributed by atoms with Gasteiger partial charge < -0.3 is 0 Å². The van der Waals surface area contributed by atoms with Gasteiger partial charge in [-0.3, -0.25) is 18.6 Å². The average molecular weight is 489 g/mol. The molecule has 0 unspecified atom stereocenters. The molecule has 8 heteroatoms. The lowest BCUT2D eigenvalue weighted by molar-refractivity contribution is 0.812. The van der Waals surface area contributed by atoms with Crippen LogP contribution in [0, 0.1) is 20.8 Å². The summed E-state index contributed by atoms with van der Waals surface area (Å²) in [5, 5.41) is 1.52. The number of hydrogen-bond acceptors (Lipinski definition) is 5. The Morgan fingerprint density at radius 3 is 2.56 bits per heavy atom. The van der Waals surface area contributed by atoms with Crippen LogP contribution in [0.1, 0.15) is 22.5 Å². The standard InChI is InChI=1S/C26H21ClN4O2S/c1-15-6-4-8-22(17(15)3)31-25(33)20-11-10-18(27)12-21(20)29-26(31)34-14-19-13-24(32)30-16(2)7-5-9-23(30)28-19/h4-13H,14H2,1-3H3. The lowest BCUT2D eigenvalue weighted by Gasteiger charge is -2.16. The number of pyridine rings is 1. The van der Waals surface area contributed by atoms with Gasteiger partial charge in [0.05, 0.1) is 22.3 Å². The topological polar surface area (TPSA) is 69.3 Å². The monoisotopic (exact) mass is 488 g/mol. The summed E-state index contributed by atoms with van der Waals surface area (Å²) in [4.78, 5) is 35.7. The third-order valence-corrected chi connectivity index (χ3v) is 7.11. The van der Waals surface area contributed by atoms with Crippen molar-refractivity contribution >= 4 is 39.9 Å². The van der Waals surface area contributed by atoms with Crippen LogP contribution in [0.3, 0.4) is 0 Å². The number of benzene rings is 2. The molecule has 3 heterocycles. The van der Waals surface area contributed by atoms with Crippen molar-refractivity contribution in [2.24, 2.45) is 0 Å². The second-order valence-electron chi connectivity index (χ2n) is 8.15. The fourth-order valence-corrected chi connectivity index (χ4v) is 5.07. The van der Waals surface area contributed by atoms with Crippen LogP contribution >= 0.6 is 23.4 Å². The predicted octanol–water partition coefficient (Wildman–Crippen LogP) is 5.26. The molecule has 5 aromatic rings. The van der Waals surface area contributed by atoms with E-state index >= 15 is 0 Å². The highest BCUT2D eigenvalue weighted by Gasteiger charge is 2.17. The molecule has 0 N–H and O–H groups in total. The SMILES string of the molecule is Cc1cccc(-n2c(SCc3cc(=O)n4c(C)cccc4n3)nc3cc(Cl)ccc3c2=O)c1C. The van der Waals surface area contributed by atoms with Gasteiger partial charge in [0.2, 0.25) is 0 Å². The summed E-state index contributed by atoms with van der Waals surface area (Å²) in [6, 6.07) is 18.0. The van der Waals surface area contributed by atoms with Crippen LogP contribution in [0.25, 0.3) is 22.2 Å². The second-order valence-corrected chi connectivity index (χ2v) is 9.53. The van der Waals surface area contributed by atoms with E-state index in [2.05, 4.69) is 4.98 Å². The molecule has 0 amide bonds. The van der Waals surface area contributed by atoms with Crippen LogP contribution in [-0.2, 0) is 5.75 Å². The molecule has 2 aromatic carbocycles. The highest BCUT2D eigenvalue weighted by molar-refractivity contribution is 7.98. The molecule has 0 atom stereocenters. The number of aromatic nitrogens is 4. The second kappa shape index (κ2) is 8.74. The van der Waals surface area contributed by atoms with E-state index in [1.54, 1.807) is 27.2 Å². The van der Waals surface area contributed by atoms with Gasteiger partial charge in [0.1, 0.15) is 5.65 Å². The van der Waals surface area contributed by atoms with Gasteiger partial charge in [-0.2, -0.15) is 0 Å². The van der Waals surface area contributed by atoms with Crippen LogP contribution in [0.2, 0.25) is 5.02 Å². The zero-order chi connectivity index (χ0) is 24.0. The molecular formula is C26H21ClN4O2S. The van der Waals surface area contributed by atoms with E-state index in [1.807, 2.05) is 57.2 Å². The van der Waals surface area contributed by atoms with E-state index in [-0.39, 0.29) is 11.1 Å². The lowest BCUT2D eigenvalue weighted by Crippen LogP contribution is -2.23. The molecule has 0 aliphatic carbocycles. The van der Waals surface area contributed by atoms with Gasteiger partial charge in [-0.15, -0.1) is 0 Å². The number of thioether (sulfide) groups is 1. The van der Waals surface area contributed by atoms with Gasteiger partial charge in [0.25, 0.3) is 11.1 Å². The van der Waals surface area contributed by atoms with Crippen molar-refractivity contribution in [3.8, 4) is 5.69 Å². The summed E-state index contributed by atoms with van der Waals surface area (Å²) < 4.78 is 3.22. The van der Waals surface area contributed by atoms with Gasteiger partial charge in [-0.25, -0.2) is 9.97 Å². The first-order valence-electron chi connectivity index (χ1n) is 10.7. The van der Waals surface area contributed by atoms with Crippen LogP contribution in [0.5, 0.6) is 0 Å². The highest BCUT2D eigenvalue weighted by atomic mass is 35.5. The molecule has 0 aliphatic heterocycles. The Labute approximate surface area is 204 Å². The zero-order valence-electron chi connectivity index (χ0n) is 18.9. The maximum Gasteiger partial charge on any atom is 0.266 e. The number of halogens is 1. The van der Waals surface area contributed by atoms with E-state index < -0.39 is 0 Å². The van der Waals surface area contributed by atoms with Gasteiger partial charge >= 0.3 is 0 Å². The Hall–Kier alpha value is -3.42. The van der Waals surface area contributed by atoms with Gasteiger partial charge in [0, 0.05) is 22.5 Å². The first kappa shape index (κ1) is 22.4. The molecule has 5 rings (SSSR count). The third-order valence-electron chi connectivity index (χ3n) is 5.90. The maximum atomic E-state index is 13.6. The fraction of sp³-hybridized carbons (Fsp3) is 0.154. The first-order chi connectivity index (χ1) is 16.3. The minimum Gasteiger partial charge on any atom is -0.269 e. The minimum absolute atomic E-state index is 0.135. The van der Waals surface area contributed by atoms with Crippen molar-refractivity contribution in [2.45, 2.75) is 31.7 Å². The number of aryl methyl sites for hydroxylation is 2. The summed E-state index contributed by atoms with van der Waals surface area (Å²) in [6.07, 6.45) is 0. The largest absolute Gasteiger partial charge is 0.269 e. The predicted molar refractivity (Wildman–Crippen MR) is 138 cm³/mol. The van der Waals surface area contributed by atoms with E-state index in [9.17, 15) is 9.59 Å². The van der Waals surface area contributed by atoms with Crippen LogP contribution in [0.4, 0.5) is 0 Å². The number of rotatable bonds is 4. The number of hydrogen-bond donors (Lipinski definition) is 0. The van der Waals surface area contributed by atoms with Crippen LogP contribution in [0.15, 0.2) is 75.4 Å². The molecule has 0 saturated carbocycles. The molecule has 0 spiro atoms. The van der Waals surface area contributed by atoms with Gasteiger partial charge in [-0.1, -0.05) is 41.6 Å². The molecule has 0 aliphatic rings. The molecule has 0 radical (unpaired) electrons. The molecule has 0 fully saturated rings. The van der Waals surface area contributed by atoms with Crippen LogP contribution < -0.4 is 11.1 Å². The molecule has 6 nitrogen and oxygen atoms in total.